The molecule has 3 heteroatoms. The molecule has 0 heterocycles. The van der Waals surface area contributed by atoms with Crippen LogP contribution in [0.2, 0.25) is 0 Å². The molecular weight excluding hydrogens is 194 g/mol. The lowest BCUT2D eigenvalue weighted by molar-refractivity contribution is 0.290. The molecule has 0 bridgehead atoms. The van der Waals surface area contributed by atoms with Gasteiger partial charge in [-0.05, 0) is 25.1 Å². The van der Waals surface area contributed by atoms with Crippen molar-refractivity contribution in [3.05, 3.63) is 0 Å². The van der Waals surface area contributed by atoms with Crippen LogP contribution in [0, 0.1) is 0 Å². The molecule has 0 aliphatic rings. The summed E-state index contributed by atoms with van der Waals surface area (Å²) in [6, 6.07) is 0. The third-order valence-electron chi connectivity index (χ3n) is 2.03. The fourth-order valence-electron chi connectivity index (χ4n) is 1.10. The van der Waals surface area contributed by atoms with E-state index in [9.17, 15) is 0 Å². The Labute approximate surface area is 93.4 Å². The second-order valence-corrected chi connectivity index (χ2v) is 3.85. The molecule has 14 heavy (non-hydrogen) atoms. The van der Waals surface area contributed by atoms with Crippen molar-refractivity contribution in [1.82, 2.24) is 5.32 Å². The average Bonchev–Trinajstić information content (AvgIpc) is 2.18. The molecular formula is C11H23NOS. The monoisotopic (exact) mass is 217 g/mol. The van der Waals surface area contributed by atoms with Gasteiger partial charge in [0.1, 0.15) is 0 Å². The van der Waals surface area contributed by atoms with Crippen molar-refractivity contribution in [3.8, 4) is 0 Å². The molecule has 0 rings (SSSR count). The molecule has 2 nitrogen and oxygen atoms in total. The van der Waals surface area contributed by atoms with E-state index in [1.807, 2.05) is 0 Å². The van der Waals surface area contributed by atoms with Gasteiger partial charge in [0.25, 0.3) is 5.17 Å². The van der Waals surface area contributed by atoms with Gasteiger partial charge in [0.15, 0.2) is 0 Å². The molecule has 0 aromatic rings. The highest BCUT2D eigenvalue weighted by atomic mass is 32.1. The van der Waals surface area contributed by atoms with Crippen LogP contribution in [0.25, 0.3) is 0 Å². The van der Waals surface area contributed by atoms with Crippen molar-refractivity contribution in [3.63, 3.8) is 0 Å². The first-order chi connectivity index (χ1) is 6.81. The molecule has 1 N–H and O–H groups in total. The van der Waals surface area contributed by atoms with Gasteiger partial charge in [0.2, 0.25) is 0 Å². The molecule has 0 saturated heterocycles. The number of hydrogen-bond acceptors (Lipinski definition) is 2. The minimum absolute atomic E-state index is 0.565. The number of rotatable bonds is 8. The summed E-state index contributed by atoms with van der Waals surface area (Å²) in [5.74, 6) is 0. The molecule has 0 aliphatic carbocycles. The molecule has 0 amide bonds. The van der Waals surface area contributed by atoms with Crippen molar-refractivity contribution in [1.29, 1.82) is 0 Å². The van der Waals surface area contributed by atoms with Gasteiger partial charge < -0.3 is 10.1 Å². The van der Waals surface area contributed by atoms with Crippen LogP contribution in [-0.2, 0) is 4.74 Å². The van der Waals surface area contributed by atoms with Gasteiger partial charge in [-0.3, -0.25) is 0 Å². The highest BCUT2D eigenvalue weighted by Crippen LogP contribution is 1.97. The number of unbranched alkanes of at least 4 members (excludes halogenated alkanes) is 4. The lowest BCUT2D eigenvalue weighted by atomic mass is 10.2. The molecule has 0 fully saturated rings. The van der Waals surface area contributed by atoms with Crippen LogP contribution < -0.4 is 5.32 Å². The lowest BCUT2D eigenvalue weighted by Crippen LogP contribution is -2.25. The standard InChI is InChI=1S/C11H23NOS/c1-3-5-7-8-9-12-11(14)13-10-6-4-2/h3-10H2,1-2H3,(H,12,14). The number of ether oxygens (including phenoxy) is 1. The SMILES string of the molecule is CCCCCCNC(=S)OCCCC. The molecule has 0 unspecified atom stereocenters. The normalized spacial score (nSPS) is 9.86. The molecule has 0 atom stereocenters. The van der Waals surface area contributed by atoms with E-state index in [1.54, 1.807) is 0 Å². The maximum absolute atomic E-state index is 5.31. The first kappa shape index (κ1) is 13.7. The minimum atomic E-state index is 0.565. The van der Waals surface area contributed by atoms with Crippen molar-refractivity contribution in [2.45, 2.75) is 52.4 Å². The van der Waals surface area contributed by atoms with E-state index in [0.717, 1.165) is 26.0 Å². The van der Waals surface area contributed by atoms with Gasteiger partial charge >= 0.3 is 0 Å². The summed E-state index contributed by atoms with van der Waals surface area (Å²) >= 11 is 5.01. The van der Waals surface area contributed by atoms with Crippen LogP contribution in [0.3, 0.4) is 0 Å². The van der Waals surface area contributed by atoms with E-state index >= 15 is 0 Å². The largest absolute Gasteiger partial charge is 0.471 e. The Kier molecular flexibility index (Phi) is 10.5. The fourth-order valence-corrected chi connectivity index (χ4v) is 1.29. The Morgan fingerprint density at radius 3 is 2.43 bits per heavy atom. The summed E-state index contributed by atoms with van der Waals surface area (Å²) < 4.78 is 5.31. The first-order valence-electron chi connectivity index (χ1n) is 5.71. The zero-order valence-electron chi connectivity index (χ0n) is 9.47. The third-order valence-corrected chi connectivity index (χ3v) is 2.29. The van der Waals surface area contributed by atoms with Gasteiger partial charge in [-0.15, -0.1) is 0 Å². The summed E-state index contributed by atoms with van der Waals surface area (Å²) in [4.78, 5) is 0. The maximum atomic E-state index is 5.31. The van der Waals surface area contributed by atoms with E-state index in [0.29, 0.717) is 5.17 Å². The Hall–Kier alpha value is -0.310. The second-order valence-electron chi connectivity index (χ2n) is 3.48. The Balaban J connectivity index is 3.10. The van der Waals surface area contributed by atoms with E-state index in [2.05, 4.69) is 19.2 Å². The van der Waals surface area contributed by atoms with E-state index in [1.165, 1.54) is 25.7 Å². The van der Waals surface area contributed by atoms with E-state index in [4.69, 9.17) is 17.0 Å². The molecule has 0 aliphatic heterocycles. The molecule has 0 aromatic heterocycles. The highest BCUT2D eigenvalue weighted by molar-refractivity contribution is 7.80. The minimum Gasteiger partial charge on any atom is -0.471 e. The molecule has 84 valence electrons. The predicted molar refractivity (Wildman–Crippen MR) is 65.6 cm³/mol. The molecule has 0 radical (unpaired) electrons. The maximum Gasteiger partial charge on any atom is 0.256 e. The van der Waals surface area contributed by atoms with Crippen molar-refractivity contribution in [2.75, 3.05) is 13.2 Å². The molecule has 0 aromatic carbocycles. The number of hydrogen-bond donors (Lipinski definition) is 1. The van der Waals surface area contributed by atoms with Gasteiger partial charge in [-0.25, -0.2) is 0 Å². The number of nitrogens with one attached hydrogen (secondary N) is 1. The van der Waals surface area contributed by atoms with Crippen LogP contribution in [-0.4, -0.2) is 18.3 Å². The van der Waals surface area contributed by atoms with Gasteiger partial charge in [0, 0.05) is 6.54 Å². The number of thiocarbonyl (C=S) groups is 1. The second kappa shape index (κ2) is 10.8. The van der Waals surface area contributed by atoms with Crippen LogP contribution >= 0.6 is 12.2 Å². The smallest absolute Gasteiger partial charge is 0.256 e. The molecule has 0 saturated carbocycles. The average molecular weight is 217 g/mol. The predicted octanol–water partition coefficient (Wildman–Crippen LogP) is 3.26. The zero-order valence-corrected chi connectivity index (χ0v) is 10.3. The topological polar surface area (TPSA) is 21.3 Å². The summed E-state index contributed by atoms with van der Waals surface area (Å²) in [6.45, 7) is 6.05. The third kappa shape index (κ3) is 9.78. The summed E-state index contributed by atoms with van der Waals surface area (Å²) in [7, 11) is 0. The van der Waals surface area contributed by atoms with E-state index < -0.39 is 0 Å². The quantitative estimate of drug-likeness (QED) is 0.498. The van der Waals surface area contributed by atoms with Crippen molar-refractivity contribution >= 4 is 17.4 Å². The molecule has 0 spiro atoms. The summed E-state index contributed by atoms with van der Waals surface area (Å²) in [6.07, 6.45) is 7.28. The zero-order chi connectivity index (χ0) is 10.6. The van der Waals surface area contributed by atoms with Gasteiger partial charge in [-0.1, -0.05) is 39.5 Å². The van der Waals surface area contributed by atoms with E-state index in [-0.39, 0.29) is 0 Å². The summed E-state index contributed by atoms with van der Waals surface area (Å²) in [5, 5.41) is 3.67. The van der Waals surface area contributed by atoms with Crippen LogP contribution in [0.5, 0.6) is 0 Å². The Bertz CT molecular complexity index is 139. The first-order valence-corrected chi connectivity index (χ1v) is 6.12. The fraction of sp³-hybridized carbons (Fsp3) is 0.909. The van der Waals surface area contributed by atoms with Gasteiger partial charge in [-0.2, -0.15) is 0 Å². The van der Waals surface area contributed by atoms with Crippen molar-refractivity contribution < 1.29 is 4.74 Å². The van der Waals surface area contributed by atoms with Crippen LogP contribution in [0.15, 0.2) is 0 Å². The Morgan fingerprint density at radius 1 is 1.07 bits per heavy atom. The van der Waals surface area contributed by atoms with Crippen LogP contribution in [0.1, 0.15) is 52.4 Å². The Morgan fingerprint density at radius 2 is 1.79 bits per heavy atom. The summed E-state index contributed by atoms with van der Waals surface area (Å²) in [5.41, 5.74) is 0. The highest BCUT2D eigenvalue weighted by Gasteiger charge is 1.95. The van der Waals surface area contributed by atoms with Crippen LogP contribution in [0.4, 0.5) is 0 Å². The van der Waals surface area contributed by atoms with Crippen molar-refractivity contribution in [2.24, 2.45) is 0 Å². The lowest BCUT2D eigenvalue weighted by Gasteiger charge is -2.08. The van der Waals surface area contributed by atoms with Gasteiger partial charge in [0.05, 0.1) is 6.61 Å².